The molecule has 0 fully saturated rings. The first-order valence-corrected chi connectivity index (χ1v) is 10.0. The van der Waals surface area contributed by atoms with Gasteiger partial charge in [0.2, 0.25) is 0 Å². The van der Waals surface area contributed by atoms with Gasteiger partial charge in [0.05, 0.1) is 12.6 Å². The second-order valence-corrected chi connectivity index (χ2v) is 7.49. The molecule has 0 aromatic heterocycles. The van der Waals surface area contributed by atoms with Crippen molar-refractivity contribution in [3.05, 3.63) is 107 Å². The van der Waals surface area contributed by atoms with Gasteiger partial charge in [0.1, 0.15) is 0 Å². The maximum absolute atomic E-state index is 13.3. The van der Waals surface area contributed by atoms with E-state index in [0.717, 1.165) is 12.0 Å². The molecule has 0 saturated heterocycles. The van der Waals surface area contributed by atoms with E-state index < -0.39 is 11.8 Å². The van der Waals surface area contributed by atoms with E-state index in [1.54, 1.807) is 12.1 Å². The van der Waals surface area contributed by atoms with Gasteiger partial charge in [-0.25, -0.2) is 0 Å². The van der Waals surface area contributed by atoms with Crippen molar-refractivity contribution < 1.29 is 15.0 Å². The molecule has 2 N–H and O–H groups in total. The van der Waals surface area contributed by atoms with Crippen molar-refractivity contribution in [2.24, 2.45) is 0 Å². The molecule has 2 atom stereocenters. The summed E-state index contributed by atoms with van der Waals surface area (Å²) in [6.07, 6.45) is 1.92. The molecule has 1 aliphatic rings. The Morgan fingerprint density at radius 2 is 1.48 bits per heavy atom. The molecule has 4 heteroatoms. The van der Waals surface area contributed by atoms with Crippen LogP contribution in [0.3, 0.4) is 0 Å². The standard InChI is InChI=1S/C25H25NO3/c27-18-23(20-13-5-2-6-14-20)26-24(28)21-15-7-8-16-22(21)25(26,29)17-9-12-19-10-3-1-4-11-19/h1-8,10-11,13-16,23,27,29H,9,12,17-18H2/t23-,25+/m0/s1. The van der Waals surface area contributed by atoms with Crippen LogP contribution in [-0.2, 0) is 12.1 Å². The van der Waals surface area contributed by atoms with Crippen LogP contribution in [0.2, 0.25) is 0 Å². The van der Waals surface area contributed by atoms with Gasteiger partial charge in [-0.1, -0.05) is 78.9 Å². The zero-order chi connectivity index (χ0) is 20.3. The van der Waals surface area contributed by atoms with Crippen molar-refractivity contribution >= 4 is 5.91 Å². The van der Waals surface area contributed by atoms with E-state index in [2.05, 4.69) is 12.1 Å². The molecule has 1 heterocycles. The monoisotopic (exact) mass is 387 g/mol. The number of carbonyl (C=O) groups excluding carboxylic acids is 1. The lowest BCUT2D eigenvalue weighted by molar-refractivity contribution is -0.117. The topological polar surface area (TPSA) is 60.8 Å². The van der Waals surface area contributed by atoms with Crippen molar-refractivity contribution in [2.75, 3.05) is 6.61 Å². The molecule has 4 rings (SSSR count). The van der Waals surface area contributed by atoms with Crippen molar-refractivity contribution in [3.8, 4) is 0 Å². The SMILES string of the molecule is O=C1c2ccccc2[C@](O)(CCCc2ccccc2)N1[C@@H](CO)c1ccccc1. The third kappa shape index (κ3) is 3.57. The zero-order valence-electron chi connectivity index (χ0n) is 16.2. The molecule has 3 aromatic carbocycles. The van der Waals surface area contributed by atoms with Crippen molar-refractivity contribution in [1.82, 2.24) is 4.90 Å². The van der Waals surface area contributed by atoms with E-state index in [1.807, 2.05) is 60.7 Å². The number of amides is 1. The number of carbonyl (C=O) groups is 1. The fourth-order valence-electron chi connectivity index (χ4n) is 4.30. The highest BCUT2D eigenvalue weighted by atomic mass is 16.3. The number of hydrogen-bond donors (Lipinski definition) is 2. The Morgan fingerprint density at radius 1 is 0.862 bits per heavy atom. The highest BCUT2D eigenvalue weighted by molar-refractivity contribution is 6.00. The lowest BCUT2D eigenvalue weighted by Crippen LogP contribution is -2.47. The molecule has 0 aliphatic carbocycles. The zero-order valence-corrected chi connectivity index (χ0v) is 16.2. The summed E-state index contributed by atoms with van der Waals surface area (Å²) in [4.78, 5) is 14.7. The highest BCUT2D eigenvalue weighted by Crippen LogP contribution is 2.45. The average molecular weight is 387 g/mol. The molecule has 1 amide bonds. The maximum atomic E-state index is 13.3. The first-order chi connectivity index (χ1) is 14.1. The fraction of sp³-hybridized carbons (Fsp3) is 0.240. The van der Waals surface area contributed by atoms with Crippen LogP contribution >= 0.6 is 0 Å². The number of rotatable bonds is 7. The summed E-state index contributed by atoms with van der Waals surface area (Å²) in [6, 6.07) is 26.1. The second kappa shape index (κ2) is 8.19. The van der Waals surface area contributed by atoms with Crippen LogP contribution in [0.4, 0.5) is 0 Å². The van der Waals surface area contributed by atoms with E-state index in [-0.39, 0.29) is 12.5 Å². The summed E-state index contributed by atoms with van der Waals surface area (Å²) in [7, 11) is 0. The van der Waals surface area contributed by atoms with Crippen LogP contribution in [0.25, 0.3) is 0 Å². The predicted molar refractivity (Wildman–Crippen MR) is 112 cm³/mol. The molecule has 29 heavy (non-hydrogen) atoms. The van der Waals surface area contributed by atoms with E-state index in [0.29, 0.717) is 24.0 Å². The number of aliphatic hydroxyl groups excluding tert-OH is 1. The van der Waals surface area contributed by atoms with Gasteiger partial charge in [-0.15, -0.1) is 0 Å². The number of hydrogen-bond acceptors (Lipinski definition) is 3. The van der Waals surface area contributed by atoms with E-state index in [4.69, 9.17) is 0 Å². The number of aryl methyl sites for hydroxylation is 1. The number of nitrogens with zero attached hydrogens (tertiary/aromatic N) is 1. The first kappa shape index (κ1) is 19.4. The molecule has 148 valence electrons. The maximum Gasteiger partial charge on any atom is 0.257 e. The Hall–Kier alpha value is -2.95. The summed E-state index contributed by atoms with van der Waals surface area (Å²) in [5.74, 6) is -0.245. The van der Waals surface area contributed by atoms with Crippen molar-refractivity contribution in [3.63, 3.8) is 0 Å². The molecular weight excluding hydrogens is 362 g/mol. The van der Waals surface area contributed by atoms with Gasteiger partial charge in [-0.05, 0) is 30.0 Å². The minimum atomic E-state index is -1.45. The smallest absolute Gasteiger partial charge is 0.257 e. The van der Waals surface area contributed by atoms with Gasteiger partial charge in [0.15, 0.2) is 5.72 Å². The molecule has 0 bridgehead atoms. The summed E-state index contributed by atoms with van der Waals surface area (Å²) in [6.45, 7) is -0.259. The Kier molecular flexibility index (Phi) is 5.47. The number of benzene rings is 3. The summed E-state index contributed by atoms with van der Waals surface area (Å²) >= 11 is 0. The third-order valence-electron chi connectivity index (χ3n) is 5.71. The third-order valence-corrected chi connectivity index (χ3v) is 5.71. The van der Waals surface area contributed by atoms with Gasteiger partial charge >= 0.3 is 0 Å². The van der Waals surface area contributed by atoms with E-state index >= 15 is 0 Å². The van der Waals surface area contributed by atoms with Gasteiger partial charge in [-0.3, -0.25) is 9.69 Å². The van der Waals surface area contributed by atoms with Gasteiger partial charge < -0.3 is 10.2 Å². The highest BCUT2D eigenvalue weighted by Gasteiger charge is 2.50. The van der Waals surface area contributed by atoms with E-state index in [1.165, 1.54) is 10.5 Å². The van der Waals surface area contributed by atoms with Crippen molar-refractivity contribution in [2.45, 2.75) is 31.0 Å². The Labute approximate surface area is 171 Å². The molecule has 0 radical (unpaired) electrons. The van der Waals surface area contributed by atoms with Crippen LogP contribution in [-0.4, -0.2) is 27.6 Å². The van der Waals surface area contributed by atoms with Crippen LogP contribution in [0.1, 0.15) is 45.9 Å². The van der Waals surface area contributed by atoms with Crippen LogP contribution in [0, 0.1) is 0 Å². The minimum absolute atomic E-state index is 0.245. The molecular formula is C25H25NO3. The lowest BCUT2D eigenvalue weighted by Gasteiger charge is -2.39. The summed E-state index contributed by atoms with van der Waals surface area (Å²) in [5, 5.41) is 22.0. The van der Waals surface area contributed by atoms with Crippen LogP contribution in [0.15, 0.2) is 84.9 Å². The molecule has 0 saturated carbocycles. The molecule has 1 aliphatic heterocycles. The lowest BCUT2D eigenvalue weighted by atomic mass is 9.93. The first-order valence-electron chi connectivity index (χ1n) is 10.0. The normalized spacial score (nSPS) is 19.2. The number of aliphatic hydroxyl groups is 2. The van der Waals surface area contributed by atoms with Gasteiger partial charge in [-0.2, -0.15) is 0 Å². The Bertz CT molecular complexity index is 974. The van der Waals surface area contributed by atoms with Crippen LogP contribution < -0.4 is 0 Å². The fourth-order valence-corrected chi connectivity index (χ4v) is 4.30. The average Bonchev–Trinajstić information content (AvgIpc) is 2.99. The Balaban J connectivity index is 1.67. The minimum Gasteiger partial charge on any atom is -0.394 e. The molecule has 4 nitrogen and oxygen atoms in total. The van der Waals surface area contributed by atoms with Crippen molar-refractivity contribution in [1.29, 1.82) is 0 Å². The second-order valence-electron chi connectivity index (χ2n) is 7.49. The van der Waals surface area contributed by atoms with Crippen LogP contribution in [0.5, 0.6) is 0 Å². The Morgan fingerprint density at radius 3 is 2.17 bits per heavy atom. The summed E-state index contributed by atoms with van der Waals surface area (Å²) < 4.78 is 0. The molecule has 0 spiro atoms. The quantitative estimate of drug-likeness (QED) is 0.643. The molecule has 0 unspecified atom stereocenters. The predicted octanol–water partition coefficient (Wildman–Crippen LogP) is 4.04. The molecule has 3 aromatic rings. The largest absolute Gasteiger partial charge is 0.394 e. The van der Waals surface area contributed by atoms with E-state index in [9.17, 15) is 15.0 Å². The number of fused-ring (bicyclic) bond motifs is 1. The van der Waals surface area contributed by atoms with Gasteiger partial charge in [0, 0.05) is 17.5 Å². The summed E-state index contributed by atoms with van der Waals surface area (Å²) in [5.41, 5.74) is 1.67. The van der Waals surface area contributed by atoms with Gasteiger partial charge in [0.25, 0.3) is 5.91 Å².